The van der Waals surface area contributed by atoms with E-state index in [4.69, 9.17) is 23.8 Å². The van der Waals surface area contributed by atoms with Crippen LogP contribution < -0.4 is 0 Å². The van der Waals surface area contributed by atoms with E-state index < -0.39 is 5.82 Å². The van der Waals surface area contributed by atoms with Crippen molar-refractivity contribution in [2.75, 3.05) is 6.54 Å². The number of rotatable bonds is 3. The first-order valence-electron chi connectivity index (χ1n) is 7.73. The third-order valence-corrected chi connectivity index (χ3v) is 5.78. The van der Waals surface area contributed by atoms with Gasteiger partial charge in [-0.1, -0.05) is 35.6 Å². The fourth-order valence-corrected chi connectivity index (χ4v) is 4.42. The summed E-state index contributed by atoms with van der Waals surface area (Å²) in [7, 11) is 0. The Morgan fingerprint density at radius 2 is 2.04 bits per heavy atom. The topological polar surface area (TPSA) is 25.2 Å². The SMILES string of the molecule is CCN1C(=O)C(=Cc2cc(C)n(-c3ccc(F)c(Cl)c3)c2C)SC1=S. The Morgan fingerprint density at radius 1 is 1.32 bits per heavy atom. The van der Waals surface area contributed by atoms with Gasteiger partial charge in [-0.3, -0.25) is 9.69 Å². The Balaban J connectivity index is 2.03. The fourth-order valence-electron chi connectivity index (χ4n) is 2.87. The van der Waals surface area contributed by atoms with Crippen molar-refractivity contribution in [3.8, 4) is 5.69 Å². The van der Waals surface area contributed by atoms with Crippen LogP contribution in [-0.2, 0) is 4.79 Å². The average Bonchev–Trinajstić information content (AvgIpc) is 2.99. The molecule has 1 saturated heterocycles. The van der Waals surface area contributed by atoms with E-state index >= 15 is 0 Å². The van der Waals surface area contributed by atoms with Gasteiger partial charge in [0.05, 0.1) is 9.93 Å². The lowest BCUT2D eigenvalue weighted by atomic mass is 10.2. The van der Waals surface area contributed by atoms with Crippen LogP contribution in [0.2, 0.25) is 5.02 Å². The maximum absolute atomic E-state index is 13.4. The zero-order chi connectivity index (χ0) is 18.3. The number of halogens is 2. The van der Waals surface area contributed by atoms with Crippen molar-refractivity contribution in [1.29, 1.82) is 0 Å². The molecular formula is C18H16ClFN2OS2. The minimum absolute atomic E-state index is 0.0628. The Morgan fingerprint density at radius 3 is 2.64 bits per heavy atom. The predicted molar refractivity (Wildman–Crippen MR) is 106 cm³/mol. The van der Waals surface area contributed by atoms with E-state index in [-0.39, 0.29) is 10.9 Å². The number of hydrogen-bond acceptors (Lipinski definition) is 3. The van der Waals surface area contributed by atoms with Crippen molar-refractivity contribution in [2.45, 2.75) is 20.8 Å². The minimum Gasteiger partial charge on any atom is -0.318 e. The quantitative estimate of drug-likeness (QED) is 0.534. The monoisotopic (exact) mass is 394 g/mol. The summed E-state index contributed by atoms with van der Waals surface area (Å²) in [6, 6.07) is 6.62. The van der Waals surface area contributed by atoms with Gasteiger partial charge >= 0.3 is 0 Å². The highest BCUT2D eigenvalue weighted by molar-refractivity contribution is 8.26. The van der Waals surface area contributed by atoms with E-state index in [1.807, 2.05) is 37.5 Å². The first-order chi connectivity index (χ1) is 11.8. The van der Waals surface area contributed by atoms with Crippen LogP contribution in [0.15, 0.2) is 29.2 Å². The molecule has 0 unspecified atom stereocenters. The summed E-state index contributed by atoms with van der Waals surface area (Å²) < 4.78 is 16.0. The number of hydrogen-bond donors (Lipinski definition) is 0. The van der Waals surface area contributed by atoms with Crippen LogP contribution in [0.25, 0.3) is 11.8 Å². The van der Waals surface area contributed by atoms with Crippen molar-refractivity contribution in [1.82, 2.24) is 9.47 Å². The van der Waals surface area contributed by atoms with Gasteiger partial charge < -0.3 is 4.57 Å². The number of aryl methyl sites for hydroxylation is 1. The normalized spacial score (nSPS) is 16.4. The van der Waals surface area contributed by atoms with Gasteiger partial charge in [-0.25, -0.2) is 4.39 Å². The summed E-state index contributed by atoms with van der Waals surface area (Å²) in [6.45, 7) is 6.38. The zero-order valence-corrected chi connectivity index (χ0v) is 16.4. The van der Waals surface area contributed by atoms with Gasteiger partial charge in [0.2, 0.25) is 0 Å². The largest absolute Gasteiger partial charge is 0.318 e. The summed E-state index contributed by atoms with van der Waals surface area (Å²) in [5.74, 6) is -0.511. The molecule has 0 aliphatic carbocycles. The number of carbonyl (C=O) groups is 1. The fraction of sp³-hybridized carbons (Fsp3) is 0.222. The third-order valence-electron chi connectivity index (χ3n) is 4.11. The van der Waals surface area contributed by atoms with Gasteiger partial charge in [0.15, 0.2) is 0 Å². The number of thiocarbonyl (C=S) groups is 1. The summed E-state index contributed by atoms with van der Waals surface area (Å²) in [5, 5.41) is 0.0790. The highest BCUT2D eigenvalue weighted by atomic mass is 35.5. The molecular weight excluding hydrogens is 379 g/mol. The molecule has 0 radical (unpaired) electrons. The lowest BCUT2D eigenvalue weighted by Crippen LogP contribution is -2.27. The molecule has 0 atom stereocenters. The average molecular weight is 395 g/mol. The number of thioether (sulfide) groups is 1. The molecule has 0 bridgehead atoms. The van der Waals surface area contributed by atoms with E-state index in [0.29, 0.717) is 15.8 Å². The van der Waals surface area contributed by atoms with Crippen molar-refractivity contribution < 1.29 is 9.18 Å². The molecule has 0 saturated carbocycles. The Bertz CT molecular complexity index is 920. The molecule has 1 aliphatic heterocycles. The molecule has 1 aromatic carbocycles. The summed E-state index contributed by atoms with van der Waals surface area (Å²) in [5.41, 5.74) is 3.62. The smallest absolute Gasteiger partial charge is 0.266 e. The van der Waals surface area contributed by atoms with E-state index in [0.717, 1.165) is 22.6 Å². The number of benzene rings is 1. The number of nitrogens with zero attached hydrogens (tertiary/aromatic N) is 2. The molecule has 0 spiro atoms. The van der Waals surface area contributed by atoms with Crippen molar-refractivity contribution in [3.63, 3.8) is 0 Å². The van der Waals surface area contributed by atoms with E-state index in [9.17, 15) is 9.18 Å². The van der Waals surface area contributed by atoms with Crippen LogP contribution in [0.1, 0.15) is 23.9 Å². The van der Waals surface area contributed by atoms with Crippen LogP contribution in [0.3, 0.4) is 0 Å². The molecule has 25 heavy (non-hydrogen) atoms. The second kappa shape index (κ2) is 6.94. The number of carbonyl (C=O) groups excluding carboxylic acids is 1. The lowest BCUT2D eigenvalue weighted by Gasteiger charge is -2.10. The first-order valence-corrected chi connectivity index (χ1v) is 9.33. The Kier molecular flexibility index (Phi) is 5.04. The molecule has 0 N–H and O–H groups in total. The molecule has 3 nitrogen and oxygen atoms in total. The standard InChI is InChI=1S/C18H16ClFN2OS2/c1-4-21-17(23)16(25-18(21)24)8-12-7-10(2)22(11(12)3)13-5-6-15(20)14(19)9-13/h5-9H,4H2,1-3H3. The van der Waals surface area contributed by atoms with E-state index in [2.05, 4.69) is 0 Å². The van der Waals surface area contributed by atoms with Crippen molar-refractivity contribution >= 4 is 51.9 Å². The molecule has 1 aromatic heterocycles. The van der Waals surface area contributed by atoms with Crippen LogP contribution in [0.4, 0.5) is 4.39 Å². The minimum atomic E-state index is -0.448. The molecule has 1 aliphatic rings. The van der Waals surface area contributed by atoms with Gasteiger partial charge in [0, 0.05) is 23.6 Å². The zero-order valence-electron chi connectivity index (χ0n) is 14.0. The molecule has 3 rings (SSSR count). The second-order valence-corrected chi connectivity index (χ2v) is 7.77. The second-order valence-electron chi connectivity index (χ2n) is 5.69. The summed E-state index contributed by atoms with van der Waals surface area (Å²) >= 11 is 12.5. The van der Waals surface area contributed by atoms with Crippen LogP contribution in [0, 0.1) is 19.7 Å². The molecule has 130 valence electrons. The van der Waals surface area contributed by atoms with Crippen LogP contribution in [-0.4, -0.2) is 26.2 Å². The maximum atomic E-state index is 13.4. The summed E-state index contributed by atoms with van der Waals surface area (Å²) in [4.78, 5) is 14.6. The molecule has 2 heterocycles. The number of amides is 1. The highest BCUT2D eigenvalue weighted by Crippen LogP contribution is 2.34. The predicted octanol–water partition coefficient (Wildman–Crippen LogP) is 5.11. The maximum Gasteiger partial charge on any atom is 0.266 e. The summed E-state index contributed by atoms with van der Waals surface area (Å²) in [6.07, 6.45) is 1.86. The van der Waals surface area contributed by atoms with Crippen molar-refractivity contribution in [3.05, 3.63) is 57.0 Å². The highest BCUT2D eigenvalue weighted by Gasteiger charge is 2.30. The molecule has 1 amide bonds. The molecule has 1 fully saturated rings. The van der Waals surface area contributed by atoms with Crippen molar-refractivity contribution in [2.24, 2.45) is 0 Å². The Hall–Kier alpha value is -1.63. The van der Waals surface area contributed by atoms with E-state index in [1.54, 1.807) is 17.0 Å². The van der Waals surface area contributed by atoms with Gasteiger partial charge in [0.1, 0.15) is 10.1 Å². The third kappa shape index (κ3) is 3.26. The first kappa shape index (κ1) is 18.2. The lowest BCUT2D eigenvalue weighted by molar-refractivity contribution is -0.121. The van der Waals surface area contributed by atoms with Gasteiger partial charge in [-0.2, -0.15) is 0 Å². The Labute approximate surface area is 160 Å². The number of likely N-dealkylation sites (N-methyl/N-ethyl adjacent to an activating group) is 1. The van der Waals surface area contributed by atoms with Gasteiger partial charge in [0.25, 0.3) is 5.91 Å². The van der Waals surface area contributed by atoms with Crippen LogP contribution in [0.5, 0.6) is 0 Å². The van der Waals surface area contributed by atoms with Gasteiger partial charge in [-0.05, 0) is 56.7 Å². The molecule has 7 heteroatoms. The van der Waals surface area contributed by atoms with E-state index in [1.165, 1.54) is 17.8 Å². The van der Waals surface area contributed by atoms with Gasteiger partial charge in [-0.15, -0.1) is 0 Å². The number of aromatic nitrogens is 1. The van der Waals surface area contributed by atoms with Crippen LogP contribution >= 0.6 is 35.6 Å². The molecule has 2 aromatic rings.